The second-order valence-electron chi connectivity index (χ2n) is 6.04. The predicted octanol–water partition coefficient (Wildman–Crippen LogP) is 2.65. The lowest BCUT2D eigenvalue weighted by molar-refractivity contribution is -0.132. The summed E-state index contributed by atoms with van der Waals surface area (Å²) in [7, 11) is 0. The zero-order chi connectivity index (χ0) is 17.6. The van der Waals surface area contributed by atoms with Crippen molar-refractivity contribution in [2.24, 2.45) is 0 Å². The van der Waals surface area contributed by atoms with Gasteiger partial charge in [-0.05, 0) is 42.3 Å². The van der Waals surface area contributed by atoms with Crippen molar-refractivity contribution in [1.82, 2.24) is 14.8 Å². The zero-order valence-corrected chi connectivity index (χ0v) is 14.7. The van der Waals surface area contributed by atoms with E-state index in [2.05, 4.69) is 4.98 Å². The highest BCUT2D eigenvalue weighted by molar-refractivity contribution is 6.30. The first kappa shape index (κ1) is 17.4. The van der Waals surface area contributed by atoms with E-state index < -0.39 is 0 Å². The Morgan fingerprint density at radius 3 is 2.32 bits per heavy atom. The number of aromatic nitrogens is 1. The van der Waals surface area contributed by atoms with Crippen LogP contribution in [0.3, 0.4) is 0 Å². The summed E-state index contributed by atoms with van der Waals surface area (Å²) in [5.74, 6) is 0.113. The molecule has 2 amide bonds. The number of nitrogens with zero attached hydrogens (tertiary/aromatic N) is 3. The fourth-order valence-electron chi connectivity index (χ4n) is 2.89. The lowest BCUT2D eigenvalue weighted by Crippen LogP contribution is -2.50. The first-order valence-electron chi connectivity index (χ1n) is 8.35. The third-order valence-corrected chi connectivity index (χ3v) is 4.61. The van der Waals surface area contributed by atoms with E-state index in [4.69, 9.17) is 11.6 Å². The van der Waals surface area contributed by atoms with E-state index >= 15 is 0 Å². The van der Waals surface area contributed by atoms with E-state index in [9.17, 15) is 9.59 Å². The standard InChI is InChI=1S/C19H20ClN3O2/c20-17-6-4-16(5-7-17)19(25)23-12-10-22(11-13-23)18(24)8-3-15-2-1-9-21-14-15/h1-2,4-7,9,14H,3,8,10-13H2. The summed E-state index contributed by atoms with van der Waals surface area (Å²) in [6.45, 7) is 2.26. The number of pyridine rings is 1. The predicted molar refractivity (Wildman–Crippen MR) is 96.5 cm³/mol. The van der Waals surface area contributed by atoms with Gasteiger partial charge in [0.25, 0.3) is 5.91 Å². The number of carbonyl (C=O) groups is 2. The number of piperazine rings is 1. The van der Waals surface area contributed by atoms with Gasteiger partial charge in [0.1, 0.15) is 0 Å². The van der Waals surface area contributed by atoms with Gasteiger partial charge in [-0.2, -0.15) is 0 Å². The summed E-state index contributed by atoms with van der Waals surface area (Å²) in [6, 6.07) is 10.7. The van der Waals surface area contributed by atoms with Gasteiger partial charge in [-0.1, -0.05) is 17.7 Å². The van der Waals surface area contributed by atoms with Crippen LogP contribution in [0.1, 0.15) is 22.3 Å². The Morgan fingerprint density at radius 2 is 1.68 bits per heavy atom. The first-order valence-corrected chi connectivity index (χ1v) is 8.73. The molecule has 0 radical (unpaired) electrons. The molecule has 0 atom stereocenters. The van der Waals surface area contributed by atoms with Gasteiger partial charge in [-0.15, -0.1) is 0 Å². The topological polar surface area (TPSA) is 53.5 Å². The second kappa shape index (κ2) is 8.12. The smallest absolute Gasteiger partial charge is 0.253 e. The molecule has 0 bridgehead atoms. The van der Waals surface area contributed by atoms with E-state index in [1.807, 2.05) is 17.0 Å². The highest BCUT2D eigenvalue weighted by Crippen LogP contribution is 2.14. The Bertz CT molecular complexity index is 726. The van der Waals surface area contributed by atoms with E-state index in [0.717, 1.165) is 5.56 Å². The Morgan fingerprint density at radius 1 is 1.00 bits per heavy atom. The molecule has 2 heterocycles. The van der Waals surface area contributed by atoms with Crippen LogP contribution in [-0.4, -0.2) is 52.8 Å². The first-order chi connectivity index (χ1) is 12.1. The maximum Gasteiger partial charge on any atom is 0.253 e. The van der Waals surface area contributed by atoms with Crippen molar-refractivity contribution in [2.75, 3.05) is 26.2 Å². The van der Waals surface area contributed by atoms with Crippen molar-refractivity contribution in [3.8, 4) is 0 Å². The molecule has 0 saturated carbocycles. The third-order valence-electron chi connectivity index (χ3n) is 4.36. The molecule has 25 heavy (non-hydrogen) atoms. The van der Waals surface area contributed by atoms with Gasteiger partial charge in [0.15, 0.2) is 0 Å². The second-order valence-corrected chi connectivity index (χ2v) is 6.48. The van der Waals surface area contributed by atoms with Crippen molar-refractivity contribution < 1.29 is 9.59 Å². The van der Waals surface area contributed by atoms with Crippen molar-refractivity contribution in [3.63, 3.8) is 0 Å². The van der Waals surface area contributed by atoms with E-state index in [1.54, 1.807) is 41.6 Å². The lowest BCUT2D eigenvalue weighted by atomic mass is 10.1. The Balaban J connectivity index is 1.48. The van der Waals surface area contributed by atoms with E-state index in [0.29, 0.717) is 49.6 Å². The fraction of sp³-hybridized carbons (Fsp3) is 0.316. The molecular formula is C19H20ClN3O2. The van der Waals surface area contributed by atoms with Crippen molar-refractivity contribution >= 4 is 23.4 Å². The number of benzene rings is 1. The summed E-state index contributed by atoms with van der Waals surface area (Å²) >= 11 is 5.86. The van der Waals surface area contributed by atoms with Gasteiger partial charge in [0, 0.05) is 55.6 Å². The molecular weight excluding hydrogens is 338 g/mol. The van der Waals surface area contributed by atoms with Gasteiger partial charge in [-0.25, -0.2) is 0 Å². The van der Waals surface area contributed by atoms with Crippen molar-refractivity contribution in [3.05, 3.63) is 64.9 Å². The van der Waals surface area contributed by atoms with E-state index in [1.165, 1.54) is 0 Å². The molecule has 3 rings (SSSR count). The minimum absolute atomic E-state index is 0.0147. The zero-order valence-electron chi connectivity index (χ0n) is 13.9. The summed E-state index contributed by atoms with van der Waals surface area (Å²) in [5, 5.41) is 0.612. The molecule has 1 aromatic carbocycles. The number of carbonyl (C=O) groups excluding carboxylic acids is 2. The van der Waals surface area contributed by atoms with Gasteiger partial charge in [-0.3, -0.25) is 14.6 Å². The third kappa shape index (κ3) is 4.57. The SMILES string of the molecule is O=C(CCc1cccnc1)N1CCN(C(=O)c2ccc(Cl)cc2)CC1. The Kier molecular flexibility index (Phi) is 5.66. The summed E-state index contributed by atoms with van der Waals surface area (Å²) in [4.78, 5) is 32.5. The number of rotatable bonds is 4. The molecule has 1 aliphatic rings. The maximum atomic E-state index is 12.5. The van der Waals surface area contributed by atoms with Gasteiger partial charge < -0.3 is 9.80 Å². The molecule has 1 aromatic heterocycles. The summed E-state index contributed by atoms with van der Waals surface area (Å²) < 4.78 is 0. The molecule has 0 spiro atoms. The van der Waals surface area contributed by atoms with Gasteiger partial charge >= 0.3 is 0 Å². The molecule has 1 saturated heterocycles. The van der Waals surface area contributed by atoms with Crippen LogP contribution in [0.25, 0.3) is 0 Å². The Labute approximate surface area is 152 Å². The maximum absolute atomic E-state index is 12.5. The molecule has 130 valence electrons. The quantitative estimate of drug-likeness (QED) is 0.845. The molecule has 1 aliphatic heterocycles. The highest BCUT2D eigenvalue weighted by atomic mass is 35.5. The number of halogens is 1. The molecule has 0 unspecified atom stereocenters. The van der Waals surface area contributed by atoms with Crippen LogP contribution in [0.15, 0.2) is 48.8 Å². The lowest BCUT2D eigenvalue weighted by Gasteiger charge is -2.35. The monoisotopic (exact) mass is 357 g/mol. The normalized spacial score (nSPS) is 14.4. The number of amides is 2. The molecule has 2 aromatic rings. The molecule has 0 N–H and O–H groups in total. The number of hydrogen-bond acceptors (Lipinski definition) is 3. The van der Waals surface area contributed by atoms with Crippen LogP contribution in [-0.2, 0) is 11.2 Å². The molecule has 5 nitrogen and oxygen atoms in total. The van der Waals surface area contributed by atoms with Gasteiger partial charge in [0.2, 0.25) is 5.91 Å². The average molecular weight is 358 g/mol. The van der Waals surface area contributed by atoms with Crippen LogP contribution < -0.4 is 0 Å². The number of aryl methyl sites for hydroxylation is 1. The molecule has 6 heteroatoms. The molecule has 0 aliphatic carbocycles. The minimum Gasteiger partial charge on any atom is -0.339 e. The largest absolute Gasteiger partial charge is 0.339 e. The van der Waals surface area contributed by atoms with Crippen LogP contribution in [0.4, 0.5) is 0 Å². The highest BCUT2D eigenvalue weighted by Gasteiger charge is 2.24. The van der Waals surface area contributed by atoms with Crippen molar-refractivity contribution in [1.29, 1.82) is 0 Å². The fourth-order valence-corrected chi connectivity index (χ4v) is 3.02. The summed E-state index contributed by atoms with van der Waals surface area (Å²) in [6.07, 6.45) is 4.67. The molecule has 1 fully saturated rings. The number of hydrogen-bond donors (Lipinski definition) is 0. The van der Waals surface area contributed by atoms with Crippen LogP contribution in [0.5, 0.6) is 0 Å². The van der Waals surface area contributed by atoms with Crippen LogP contribution >= 0.6 is 11.6 Å². The average Bonchev–Trinajstić information content (AvgIpc) is 2.67. The van der Waals surface area contributed by atoms with Crippen molar-refractivity contribution in [2.45, 2.75) is 12.8 Å². The summed E-state index contributed by atoms with van der Waals surface area (Å²) in [5.41, 5.74) is 1.69. The van der Waals surface area contributed by atoms with Crippen LogP contribution in [0.2, 0.25) is 5.02 Å². The Hall–Kier alpha value is -2.40. The van der Waals surface area contributed by atoms with E-state index in [-0.39, 0.29) is 11.8 Å². The van der Waals surface area contributed by atoms with Gasteiger partial charge in [0.05, 0.1) is 0 Å². The van der Waals surface area contributed by atoms with Crippen LogP contribution in [0, 0.1) is 0 Å². The minimum atomic E-state index is -0.0147.